The van der Waals surface area contributed by atoms with E-state index >= 15 is 0 Å². The Morgan fingerprint density at radius 2 is 1.84 bits per heavy atom. The molecule has 0 spiro atoms. The Morgan fingerprint density at radius 1 is 1.09 bits per heavy atom. The molecule has 4 aromatic rings. The van der Waals surface area contributed by atoms with Gasteiger partial charge in [0.1, 0.15) is 22.5 Å². The third-order valence-corrected chi connectivity index (χ3v) is 5.74. The summed E-state index contributed by atoms with van der Waals surface area (Å²) < 4.78 is 13.2. The first-order valence-electron chi connectivity index (χ1n) is 9.53. The minimum absolute atomic E-state index is 0.185. The standard InChI is InChI=1S/C25H15ClFN3OS/c26-19-8-11-22(21(12-19)24(31)17-4-2-1-3-5-17)29-14-18(13-28)25-30-23(15-32-25)16-6-9-20(27)10-7-16/h1-12,14-15,29H. The molecule has 7 heteroatoms. The van der Waals surface area contributed by atoms with Crippen LogP contribution in [0.3, 0.4) is 0 Å². The molecule has 0 atom stereocenters. The number of carbonyl (C=O) groups is 1. The fourth-order valence-corrected chi connectivity index (χ4v) is 3.98. The molecule has 1 aromatic heterocycles. The van der Waals surface area contributed by atoms with Crippen LogP contribution in [0.1, 0.15) is 20.9 Å². The van der Waals surface area contributed by atoms with Gasteiger partial charge in [0.05, 0.1) is 5.69 Å². The molecule has 4 rings (SSSR count). The number of carbonyl (C=O) groups excluding carboxylic acids is 1. The SMILES string of the molecule is N#CC(=CNc1ccc(Cl)cc1C(=O)c1ccccc1)c1nc(-c2ccc(F)cc2)cs1. The minimum Gasteiger partial charge on any atom is -0.360 e. The summed E-state index contributed by atoms with van der Waals surface area (Å²) in [5.74, 6) is -0.509. The van der Waals surface area contributed by atoms with Crippen molar-refractivity contribution in [2.75, 3.05) is 5.32 Å². The van der Waals surface area contributed by atoms with Crippen molar-refractivity contribution < 1.29 is 9.18 Å². The van der Waals surface area contributed by atoms with E-state index in [2.05, 4.69) is 16.4 Å². The molecule has 4 nitrogen and oxygen atoms in total. The van der Waals surface area contributed by atoms with Gasteiger partial charge in [-0.1, -0.05) is 41.9 Å². The lowest BCUT2D eigenvalue weighted by Gasteiger charge is -2.10. The van der Waals surface area contributed by atoms with Gasteiger partial charge < -0.3 is 5.32 Å². The van der Waals surface area contributed by atoms with Gasteiger partial charge in [-0.05, 0) is 42.5 Å². The number of nitriles is 1. The van der Waals surface area contributed by atoms with Gasteiger partial charge in [0, 0.05) is 39.0 Å². The molecule has 0 radical (unpaired) electrons. The second-order valence-electron chi connectivity index (χ2n) is 6.74. The summed E-state index contributed by atoms with van der Waals surface area (Å²) >= 11 is 7.43. The number of thiazole rings is 1. The van der Waals surface area contributed by atoms with Crippen molar-refractivity contribution >= 4 is 40.0 Å². The molecule has 1 heterocycles. The molecular weight excluding hydrogens is 445 g/mol. The quantitative estimate of drug-likeness (QED) is 0.254. The molecule has 0 aliphatic heterocycles. The van der Waals surface area contributed by atoms with E-state index in [4.69, 9.17) is 11.6 Å². The highest BCUT2D eigenvalue weighted by molar-refractivity contribution is 7.11. The summed E-state index contributed by atoms with van der Waals surface area (Å²) in [5.41, 5.74) is 3.16. The van der Waals surface area contributed by atoms with Crippen molar-refractivity contribution in [2.24, 2.45) is 0 Å². The highest BCUT2D eigenvalue weighted by Gasteiger charge is 2.15. The highest BCUT2D eigenvalue weighted by atomic mass is 35.5. The summed E-state index contributed by atoms with van der Waals surface area (Å²) in [6, 6.07) is 22.0. The highest BCUT2D eigenvalue weighted by Crippen LogP contribution is 2.28. The molecular formula is C25H15ClFN3OS. The Morgan fingerprint density at radius 3 is 2.56 bits per heavy atom. The fraction of sp³-hybridized carbons (Fsp3) is 0. The van der Waals surface area contributed by atoms with Gasteiger partial charge in [-0.3, -0.25) is 4.79 Å². The number of ketones is 1. The summed E-state index contributed by atoms with van der Waals surface area (Å²) in [4.78, 5) is 17.5. The first-order valence-corrected chi connectivity index (χ1v) is 10.8. The van der Waals surface area contributed by atoms with Gasteiger partial charge in [-0.2, -0.15) is 5.26 Å². The van der Waals surface area contributed by atoms with Crippen LogP contribution in [0.2, 0.25) is 5.02 Å². The van der Waals surface area contributed by atoms with Crippen LogP contribution in [-0.4, -0.2) is 10.8 Å². The van der Waals surface area contributed by atoms with E-state index in [1.54, 1.807) is 60.0 Å². The van der Waals surface area contributed by atoms with Crippen molar-refractivity contribution in [3.8, 4) is 17.3 Å². The Kier molecular flexibility index (Phi) is 6.41. The van der Waals surface area contributed by atoms with Crippen molar-refractivity contribution in [1.82, 2.24) is 4.98 Å². The zero-order valence-electron chi connectivity index (χ0n) is 16.5. The number of allylic oxidation sites excluding steroid dienone is 1. The fourth-order valence-electron chi connectivity index (χ4n) is 3.02. The minimum atomic E-state index is -0.324. The van der Waals surface area contributed by atoms with Crippen molar-refractivity contribution in [1.29, 1.82) is 5.26 Å². The number of aromatic nitrogens is 1. The number of hydrogen-bond acceptors (Lipinski definition) is 5. The van der Waals surface area contributed by atoms with E-state index in [1.165, 1.54) is 29.7 Å². The molecule has 0 amide bonds. The monoisotopic (exact) mass is 459 g/mol. The van der Waals surface area contributed by atoms with Crippen LogP contribution in [0.4, 0.5) is 10.1 Å². The molecule has 0 unspecified atom stereocenters. The summed E-state index contributed by atoms with van der Waals surface area (Å²) in [6.07, 6.45) is 1.51. The van der Waals surface area contributed by atoms with E-state index in [9.17, 15) is 14.4 Å². The van der Waals surface area contributed by atoms with E-state index in [0.717, 1.165) is 5.56 Å². The second kappa shape index (κ2) is 9.56. The average Bonchev–Trinajstić information content (AvgIpc) is 3.31. The predicted octanol–water partition coefficient (Wildman–Crippen LogP) is 6.81. The Balaban J connectivity index is 1.62. The van der Waals surface area contributed by atoms with Gasteiger partial charge in [-0.25, -0.2) is 9.37 Å². The molecule has 0 bridgehead atoms. The lowest BCUT2D eigenvalue weighted by Crippen LogP contribution is -2.05. The predicted molar refractivity (Wildman–Crippen MR) is 126 cm³/mol. The van der Waals surface area contributed by atoms with Crippen LogP contribution >= 0.6 is 22.9 Å². The smallest absolute Gasteiger partial charge is 0.195 e. The third kappa shape index (κ3) is 4.75. The molecule has 156 valence electrons. The Labute approximate surface area is 193 Å². The average molecular weight is 460 g/mol. The van der Waals surface area contributed by atoms with Crippen LogP contribution in [-0.2, 0) is 0 Å². The normalized spacial score (nSPS) is 11.1. The number of rotatable bonds is 6. The molecule has 0 saturated carbocycles. The van der Waals surface area contributed by atoms with Gasteiger partial charge in [0.2, 0.25) is 0 Å². The summed E-state index contributed by atoms with van der Waals surface area (Å²) in [7, 11) is 0. The first-order chi connectivity index (χ1) is 15.5. The van der Waals surface area contributed by atoms with Crippen molar-refractivity contribution in [3.63, 3.8) is 0 Å². The van der Waals surface area contributed by atoms with Crippen LogP contribution in [0.5, 0.6) is 0 Å². The van der Waals surface area contributed by atoms with Crippen molar-refractivity contribution in [2.45, 2.75) is 0 Å². The van der Waals surface area contributed by atoms with Crippen LogP contribution in [0.25, 0.3) is 16.8 Å². The number of benzene rings is 3. The number of anilines is 1. The molecule has 0 saturated heterocycles. The largest absolute Gasteiger partial charge is 0.360 e. The topological polar surface area (TPSA) is 65.8 Å². The molecule has 0 aliphatic carbocycles. The van der Waals surface area contributed by atoms with Crippen LogP contribution < -0.4 is 5.32 Å². The molecule has 0 fully saturated rings. The zero-order chi connectivity index (χ0) is 22.5. The number of halogens is 2. The Bertz CT molecular complexity index is 1340. The second-order valence-corrected chi connectivity index (χ2v) is 8.04. The zero-order valence-corrected chi connectivity index (χ0v) is 18.1. The summed E-state index contributed by atoms with van der Waals surface area (Å²) in [5, 5.41) is 15.4. The number of hydrogen-bond donors (Lipinski definition) is 1. The summed E-state index contributed by atoms with van der Waals surface area (Å²) in [6.45, 7) is 0. The lowest BCUT2D eigenvalue weighted by atomic mass is 10.0. The number of nitrogens with zero attached hydrogens (tertiary/aromatic N) is 2. The van der Waals surface area contributed by atoms with Crippen LogP contribution in [0.15, 0.2) is 84.4 Å². The molecule has 32 heavy (non-hydrogen) atoms. The van der Waals surface area contributed by atoms with E-state index in [0.29, 0.717) is 38.1 Å². The maximum atomic E-state index is 13.2. The van der Waals surface area contributed by atoms with Crippen LogP contribution in [0, 0.1) is 17.1 Å². The third-order valence-electron chi connectivity index (χ3n) is 4.63. The van der Waals surface area contributed by atoms with Gasteiger partial charge >= 0.3 is 0 Å². The number of nitrogens with one attached hydrogen (secondary N) is 1. The lowest BCUT2D eigenvalue weighted by molar-refractivity contribution is 0.103. The van der Waals surface area contributed by atoms with E-state index in [-0.39, 0.29) is 11.6 Å². The van der Waals surface area contributed by atoms with Gasteiger partial charge in [0.25, 0.3) is 0 Å². The first kappa shape index (κ1) is 21.4. The molecule has 1 N–H and O–H groups in total. The van der Waals surface area contributed by atoms with Gasteiger partial charge in [-0.15, -0.1) is 11.3 Å². The molecule has 3 aromatic carbocycles. The maximum Gasteiger partial charge on any atom is 0.195 e. The van der Waals surface area contributed by atoms with E-state index < -0.39 is 0 Å². The Hall–Kier alpha value is -3.79. The van der Waals surface area contributed by atoms with E-state index in [1.807, 2.05) is 6.07 Å². The molecule has 0 aliphatic rings. The van der Waals surface area contributed by atoms with Crippen molar-refractivity contribution in [3.05, 3.63) is 111 Å². The maximum absolute atomic E-state index is 13.2. The van der Waals surface area contributed by atoms with Gasteiger partial charge in [0.15, 0.2) is 5.78 Å².